The summed E-state index contributed by atoms with van der Waals surface area (Å²) in [6.45, 7) is 4.65. The standard InChI is InChI=1S/C25H32N2O6/c1-25(2,3)33-23(30)17-27(21-14-8-7-12-20(21)13-9-15-28)22(29)16-26-24(31)32-18-19-10-5-4-6-11-19/h4-8,10-12,14,28H,9,13,15-18H2,1-3H3,(H,26,31). The molecule has 0 aliphatic carbocycles. The molecule has 8 heteroatoms. The number of hydrogen-bond acceptors (Lipinski definition) is 6. The summed E-state index contributed by atoms with van der Waals surface area (Å²) in [7, 11) is 0. The molecule has 178 valence electrons. The van der Waals surface area contributed by atoms with Crippen LogP contribution in [0.3, 0.4) is 0 Å². The van der Waals surface area contributed by atoms with E-state index in [0.717, 1.165) is 11.1 Å². The second kappa shape index (κ2) is 12.6. The SMILES string of the molecule is CC(C)(C)OC(=O)CN(C(=O)CNC(=O)OCc1ccccc1)c1ccccc1CCCO. The summed E-state index contributed by atoms with van der Waals surface area (Å²) in [4.78, 5) is 38.9. The molecule has 2 N–H and O–H groups in total. The Morgan fingerprint density at radius 2 is 1.67 bits per heavy atom. The van der Waals surface area contributed by atoms with E-state index in [1.807, 2.05) is 42.5 Å². The summed E-state index contributed by atoms with van der Waals surface area (Å²) in [5, 5.41) is 11.6. The maximum absolute atomic E-state index is 13.0. The molecule has 0 aliphatic rings. The molecule has 0 aliphatic heterocycles. The first-order valence-corrected chi connectivity index (χ1v) is 10.8. The van der Waals surface area contributed by atoms with Crippen molar-refractivity contribution < 1.29 is 29.0 Å². The van der Waals surface area contributed by atoms with Gasteiger partial charge in [0.15, 0.2) is 0 Å². The number of carbonyl (C=O) groups excluding carboxylic acids is 3. The Hall–Kier alpha value is -3.39. The van der Waals surface area contributed by atoms with E-state index in [-0.39, 0.29) is 26.3 Å². The maximum Gasteiger partial charge on any atom is 0.407 e. The Bertz CT molecular complexity index is 924. The van der Waals surface area contributed by atoms with Crippen LogP contribution in [0.25, 0.3) is 0 Å². The van der Waals surface area contributed by atoms with Gasteiger partial charge in [0.05, 0.1) is 0 Å². The van der Waals surface area contributed by atoms with Crippen LogP contribution in [0, 0.1) is 0 Å². The lowest BCUT2D eigenvalue weighted by Gasteiger charge is -2.27. The molecule has 0 spiro atoms. The Morgan fingerprint density at radius 1 is 1.00 bits per heavy atom. The normalized spacial score (nSPS) is 10.9. The number of ether oxygens (including phenoxy) is 2. The zero-order valence-corrected chi connectivity index (χ0v) is 19.4. The molecular weight excluding hydrogens is 424 g/mol. The fourth-order valence-corrected chi connectivity index (χ4v) is 3.08. The van der Waals surface area contributed by atoms with Crippen LogP contribution in [0.2, 0.25) is 0 Å². The monoisotopic (exact) mass is 456 g/mol. The molecule has 2 rings (SSSR count). The summed E-state index contributed by atoms with van der Waals surface area (Å²) in [6.07, 6.45) is 0.297. The van der Waals surface area contributed by atoms with Crippen LogP contribution < -0.4 is 10.2 Å². The largest absolute Gasteiger partial charge is 0.459 e. The molecule has 0 bridgehead atoms. The molecule has 0 saturated carbocycles. The molecule has 2 aromatic rings. The van der Waals surface area contributed by atoms with Gasteiger partial charge in [-0.25, -0.2) is 4.79 Å². The number of para-hydroxylation sites is 1. The molecule has 8 nitrogen and oxygen atoms in total. The minimum absolute atomic E-state index is 0.00313. The van der Waals surface area contributed by atoms with Crippen LogP contribution in [-0.4, -0.2) is 48.4 Å². The van der Waals surface area contributed by atoms with Crippen molar-refractivity contribution >= 4 is 23.7 Å². The van der Waals surface area contributed by atoms with E-state index in [4.69, 9.17) is 9.47 Å². The number of aliphatic hydroxyl groups excluding tert-OH is 1. The highest BCUT2D eigenvalue weighted by Crippen LogP contribution is 2.22. The summed E-state index contributed by atoms with van der Waals surface area (Å²) in [6, 6.07) is 16.3. The van der Waals surface area contributed by atoms with Crippen molar-refractivity contribution in [3.05, 3.63) is 65.7 Å². The van der Waals surface area contributed by atoms with Crippen LogP contribution >= 0.6 is 0 Å². The average molecular weight is 457 g/mol. The molecule has 33 heavy (non-hydrogen) atoms. The first kappa shape index (κ1) is 25.9. The molecule has 2 amide bonds. The lowest BCUT2D eigenvalue weighted by Crippen LogP contribution is -2.44. The predicted octanol–water partition coefficient (Wildman–Crippen LogP) is 3.21. The second-order valence-corrected chi connectivity index (χ2v) is 8.44. The zero-order valence-electron chi connectivity index (χ0n) is 19.4. The third-order valence-corrected chi connectivity index (χ3v) is 4.49. The lowest BCUT2D eigenvalue weighted by molar-refractivity contribution is -0.153. The van der Waals surface area contributed by atoms with Gasteiger partial charge in [-0.3, -0.25) is 14.5 Å². The van der Waals surface area contributed by atoms with E-state index < -0.39 is 23.6 Å². The van der Waals surface area contributed by atoms with Gasteiger partial charge in [-0.1, -0.05) is 48.5 Å². The predicted molar refractivity (Wildman–Crippen MR) is 125 cm³/mol. The molecular formula is C25H32N2O6. The van der Waals surface area contributed by atoms with Gasteiger partial charge in [0.1, 0.15) is 25.3 Å². The molecule has 2 aromatic carbocycles. The van der Waals surface area contributed by atoms with Crippen molar-refractivity contribution in [1.29, 1.82) is 0 Å². The number of benzene rings is 2. The minimum Gasteiger partial charge on any atom is -0.459 e. The Kier molecular flexibility index (Phi) is 9.87. The second-order valence-electron chi connectivity index (χ2n) is 8.44. The van der Waals surface area contributed by atoms with Gasteiger partial charge in [0.25, 0.3) is 0 Å². The highest BCUT2D eigenvalue weighted by Gasteiger charge is 2.25. The van der Waals surface area contributed by atoms with Crippen LogP contribution in [-0.2, 0) is 32.1 Å². The summed E-state index contributed by atoms with van der Waals surface area (Å²) >= 11 is 0. The van der Waals surface area contributed by atoms with Gasteiger partial charge in [-0.15, -0.1) is 0 Å². The Labute approximate surface area is 194 Å². The third-order valence-electron chi connectivity index (χ3n) is 4.49. The van der Waals surface area contributed by atoms with Crippen molar-refractivity contribution in [1.82, 2.24) is 5.32 Å². The van der Waals surface area contributed by atoms with Gasteiger partial charge in [0.2, 0.25) is 5.91 Å². The van der Waals surface area contributed by atoms with Gasteiger partial charge in [0, 0.05) is 12.3 Å². The van der Waals surface area contributed by atoms with Crippen LogP contribution in [0.15, 0.2) is 54.6 Å². The van der Waals surface area contributed by atoms with E-state index in [2.05, 4.69) is 5.32 Å². The maximum atomic E-state index is 13.0. The molecule has 0 fully saturated rings. The number of nitrogens with one attached hydrogen (secondary N) is 1. The average Bonchev–Trinajstić information content (AvgIpc) is 2.78. The van der Waals surface area contributed by atoms with Crippen LogP contribution in [0.1, 0.15) is 38.3 Å². The number of anilines is 1. The first-order chi connectivity index (χ1) is 15.7. The van der Waals surface area contributed by atoms with E-state index >= 15 is 0 Å². The van der Waals surface area contributed by atoms with Crippen molar-refractivity contribution in [3.63, 3.8) is 0 Å². The fourth-order valence-electron chi connectivity index (χ4n) is 3.08. The van der Waals surface area contributed by atoms with E-state index in [1.54, 1.807) is 32.9 Å². The van der Waals surface area contributed by atoms with Gasteiger partial charge >= 0.3 is 12.1 Å². The number of nitrogens with zero attached hydrogens (tertiary/aromatic N) is 1. The molecule has 0 aromatic heterocycles. The third kappa shape index (κ3) is 9.33. The summed E-state index contributed by atoms with van der Waals surface area (Å²) in [5.74, 6) is -1.06. The smallest absolute Gasteiger partial charge is 0.407 e. The number of carbonyl (C=O) groups is 3. The Morgan fingerprint density at radius 3 is 2.33 bits per heavy atom. The van der Waals surface area contributed by atoms with Crippen LogP contribution in [0.4, 0.5) is 10.5 Å². The minimum atomic E-state index is -0.738. The number of hydrogen-bond donors (Lipinski definition) is 2. The van der Waals surface area contributed by atoms with Crippen molar-refractivity contribution in [3.8, 4) is 0 Å². The molecule has 0 atom stereocenters. The van der Waals surface area contributed by atoms with E-state index in [1.165, 1.54) is 4.90 Å². The highest BCUT2D eigenvalue weighted by molar-refractivity contribution is 6.00. The number of amides is 2. The van der Waals surface area contributed by atoms with Gasteiger partial charge in [-0.05, 0) is 50.8 Å². The molecule has 0 radical (unpaired) electrons. The Balaban J connectivity index is 2.09. The molecule has 0 heterocycles. The quantitative estimate of drug-likeness (QED) is 0.532. The number of aliphatic hydroxyl groups is 1. The first-order valence-electron chi connectivity index (χ1n) is 10.8. The van der Waals surface area contributed by atoms with Crippen molar-refractivity contribution in [2.75, 3.05) is 24.6 Å². The number of aryl methyl sites for hydroxylation is 1. The van der Waals surface area contributed by atoms with Crippen molar-refractivity contribution in [2.24, 2.45) is 0 Å². The zero-order chi connectivity index (χ0) is 24.3. The number of rotatable bonds is 10. The number of esters is 1. The van der Waals surface area contributed by atoms with Crippen LogP contribution in [0.5, 0.6) is 0 Å². The summed E-state index contributed by atoms with van der Waals surface area (Å²) in [5.41, 5.74) is 1.45. The fraction of sp³-hybridized carbons (Fsp3) is 0.400. The molecule has 0 unspecified atom stereocenters. The van der Waals surface area contributed by atoms with Crippen molar-refractivity contribution in [2.45, 2.75) is 45.8 Å². The molecule has 0 saturated heterocycles. The van der Waals surface area contributed by atoms with E-state index in [9.17, 15) is 19.5 Å². The highest BCUT2D eigenvalue weighted by atomic mass is 16.6. The number of alkyl carbamates (subject to hydrolysis) is 1. The topological polar surface area (TPSA) is 105 Å². The lowest BCUT2D eigenvalue weighted by atomic mass is 10.1. The van der Waals surface area contributed by atoms with E-state index in [0.29, 0.717) is 18.5 Å². The summed E-state index contributed by atoms with van der Waals surface area (Å²) < 4.78 is 10.5. The van der Waals surface area contributed by atoms with Gasteiger partial charge in [-0.2, -0.15) is 0 Å². The van der Waals surface area contributed by atoms with Gasteiger partial charge < -0.3 is 19.9 Å².